The summed E-state index contributed by atoms with van der Waals surface area (Å²) in [4.78, 5) is 17.7. The smallest absolute Gasteiger partial charge is 0.298 e. The Morgan fingerprint density at radius 1 is 1.39 bits per heavy atom. The van der Waals surface area contributed by atoms with E-state index in [-0.39, 0.29) is 11.8 Å². The van der Waals surface area contributed by atoms with Crippen LogP contribution in [0.5, 0.6) is 5.75 Å². The van der Waals surface area contributed by atoms with Gasteiger partial charge in [0.15, 0.2) is 0 Å². The van der Waals surface area contributed by atoms with Crippen LogP contribution in [0.4, 0.5) is 0 Å². The number of amides is 1. The Morgan fingerprint density at radius 2 is 2.21 bits per heavy atom. The van der Waals surface area contributed by atoms with Gasteiger partial charge in [-0.2, -0.15) is 10.4 Å². The summed E-state index contributed by atoms with van der Waals surface area (Å²) < 4.78 is 7.29. The van der Waals surface area contributed by atoms with Crippen molar-refractivity contribution in [1.82, 2.24) is 19.5 Å². The zero-order valence-corrected chi connectivity index (χ0v) is 15.3. The first kappa shape index (κ1) is 17.6. The number of nitrogens with zero attached hydrogens (tertiary/aromatic N) is 5. The first-order valence-corrected chi connectivity index (χ1v) is 8.90. The molecule has 4 rings (SSSR count). The minimum absolute atomic E-state index is 0.186. The fraction of sp³-hybridized carbons (Fsp3) is 0.238. The van der Waals surface area contributed by atoms with E-state index >= 15 is 0 Å². The molecule has 0 unspecified atom stereocenters. The number of nitriles is 1. The first-order chi connectivity index (χ1) is 13.6. The number of likely N-dealkylation sites (tertiary alicyclic amines) is 1. The number of carbonyl (C=O) groups excluding carboxylic acids is 1. The third kappa shape index (κ3) is 2.93. The maximum Gasteiger partial charge on any atom is 0.298 e. The fourth-order valence-electron chi connectivity index (χ4n) is 3.37. The van der Waals surface area contributed by atoms with E-state index in [1.54, 1.807) is 28.0 Å². The summed E-state index contributed by atoms with van der Waals surface area (Å²) in [5, 5.41) is 13.7. The van der Waals surface area contributed by atoms with Crippen LogP contribution in [-0.2, 0) is 4.79 Å². The molecule has 1 fully saturated rings. The lowest BCUT2D eigenvalue weighted by atomic mass is 9.94. The Bertz CT molecular complexity index is 1130. The van der Waals surface area contributed by atoms with E-state index in [9.17, 15) is 10.1 Å². The molecule has 1 aliphatic heterocycles. The molecule has 7 heteroatoms. The molecule has 0 N–H and O–H groups in total. The zero-order valence-electron chi connectivity index (χ0n) is 15.3. The molecule has 7 nitrogen and oxygen atoms in total. The van der Waals surface area contributed by atoms with E-state index in [4.69, 9.17) is 11.2 Å². The van der Waals surface area contributed by atoms with Crippen molar-refractivity contribution in [2.75, 3.05) is 19.7 Å². The summed E-state index contributed by atoms with van der Waals surface area (Å²) in [6.45, 7) is 3.61. The molecule has 1 saturated heterocycles. The van der Waals surface area contributed by atoms with Gasteiger partial charge in [0.1, 0.15) is 11.8 Å². The van der Waals surface area contributed by atoms with Gasteiger partial charge < -0.3 is 9.64 Å². The standard InChI is InChI=1S/C21H17N5O2/c1-3-20(27)25-11-16(12-25)19-6-5-14(9-23-19)18-7-17(28-4-2)13-26-21(18)15(8-22)10-24-26/h1,5-7,9-10,13,16H,4,11-12H2,2H3. The van der Waals surface area contributed by atoms with E-state index < -0.39 is 0 Å². The maximum atomic E-state index is 11.5. The van der Waals surface area contributed by atoms with Crippen LogP contribution in [0.1, 0.15) is 24.1 Å². The molecular formula is C21H17N5O2. The SMILES string of the molecule is C#CC(=O)N1CC(c2ccc(-c3cc(OCC)cn4ncc(C#N)c34)cn2)C1. The van der Waals surface area contributed by atoms with Crippen molar-refractivity contribution in [2.24, 2.45) is 0 Å². The van der Waals surface area contributed by atoms with Gasteiger partial charge in [-0.1, -0.05) is 6.07 Å². The highest BCUT2D eigenvalue weighted by molar-refractivity contribution is 5.93. The number of aromatic nitrogens is 3. The van der Waals surface area contributed by atoms with Crippen molar-refractivity contribution >= 4 is 11.4 Å². The van der Waals surface area contributed by atoms with Crippen molar-refractivity contribution in [3.63, 3.8) is 0 Å². The highest BCUT2D eigenvalue weighted by Gasteiger charge is 2.31. The number of hydrogen-bond donors (Lipinski definition) is 0. The number of fused-ring (bicyclic) bond motifs is 1. The predicted octanol–water partition coefficient (Wildman–Crippen LogP) is 2.23. The van der Waals surface area contributed by atoms with Gasteiger partial charge >= 0.3 is 0 Å². The Balaban J connectivity index is 1.67. The van der Waals surface area contributed by atoms with Gasteiger partial charge in [-0.3, -0.25) is 9.78 Å². The largest absolute Gasteiger partial charge is 0.492 e. The summed E-state index contributed by atoms with van der Waals surface area (Å²) >= 11 is 0. The lowest BCUT2D eigenvalue weighted by Gasteiger charge is -2.37. The van der Waals surface area contributed by atoms with Gasteiger partial charge in [-0.25, -0.2) is 4.52 Å². The molecule has 0 saturated carbocycles. The van der Waals surface area contributed by atoms with Crippen molar-refractivity contribution in [1.29, 1.82) is 5.26 Å². The Labute approximate surface area is 162 Å². The summed E-state index contributed by atoms with van der Waals surface area (Å²) in [5.74, 6) is 2.70. The van der Waals surface area contributed by atoms with E-state index in [2.05, 4.69) is 22.1 Å². The molecule has 28 heavy (non-hydrogen) atoms. The van der Waals surface area contributed by atoms with Crippen LogP contribution >= 0.6 is 0 Å². The summed E-state index contributed by atoms with van der Waals surface area (Å²) in [6.07, 6.45) is 10.2. The van der Waals surface area contributed by atoms with Crippen LogP contribution in [0.15, 0.2) is 36.8 Å². The molecular weight excluding hydrogens is 354 g/mol. The highest BCUT2D eigenvalue weighted by atomic mass is 16.5. The number of hydrogen-bond acceptors (Lipinski definition) is 5. The van der Waals surface area contributed by atoms with Gasteiger partial charge in [0, 0.05) is 42.0 Å². The number of carbonyl (C=O) groups is 1. The van der Waals surface area contributed by atoms with E-state index in [0.29, 0.717) is 31.0 Å². The number of rotatable bonds is 4. The number of terminal acetylenes is 1. The van der Waals surface area contributed by atoms with Gasteiger partial charge in [0.25, 0.3) is 5.91 Å². The minimum Gasteiger partial charge on any atom is -0.492 e. The van der Waals surface area contributed by atoms with Crippen molar-refractivity contribution in [3.8, 4) is 35.3 Å². The maximum absolute atomic E-state index is 11.5. The first-order valence-electron chi connectivity index (χ1n) is 8.90. The lowest BCUT2D eigenvalue weighted by Crippen LogP contribution is -2.48. The molecule has 1 aliphatic rings. The van der Waals surface area contributed by atoms with E-state index in [1.165, 1.54) is 0 Å². The topological polar surface area (TPSA) is 83.5 Å². The van der Waals surface area contributed by atoms with Crippen molar-refractivity contribution in [3.05, 3.63) is 48.0 Å². The molecule has 1 amide bonds. The monoisotopic (exact) mass is 371 g/mol. The molecule has 3 aromatic heterocycles. The van der Waals surface area contributed by atoms with Gasteiger partial charge in [0.2, 0.25) is 0 Å². The molecule has 0 aliphatic carbocycles. The second-order valence-electron chi connectivity index (χ2n) is 6.51. The van der Waals surface area contributed by atoms with Crippen LogP contribution in [0, 0.1) is 23.7 Å². The van der Waals surface area contributed by atoms with Crippen molar-refractivity contribution in [2.45, 2.75) is 12.8 Å². The normalized spacial score (nSPS) is 13.6. The quantitative estimate of drug-likeness (QED) is 0.657. The third-order valence-electron chi connectivity index (χ3n) is 4.83. The second kappa shape index (κ2) is 7.05. The van der Waals surface area contributed by atoms with Crippen LogP contribution in [0.2, 0.25) is 0 Å². The van der Waals surface area contributed by atoms with Crippen LogP contribution < -0.4 is 4.74 Å². The molecule has 0 aromatic carbocycles. The summed E-state index contributed by atoms with van der Waals surface area (Å²) in [7, 11) is 0. The predicted molar refractivity (Wildman–Crippen MR) is 102 cm³/mol. The summed E-state index contributed by atoms with van der Waals surface area (Å²) in [6, 6.07) is 7.99. The van der Waals surface area contributed by atoms with Crippen LogP contribution in [0.25, 0.3) is 16.6 Å². The molecule has 0 bridgehead atoms. The molecule has 0 spiro atoms. The third-order valence-corrected chi connectivity index (χ3v) is 4.83. The number of pyridine rings is 2. The molecule has 0 radical (unpaired) electrons. The van der Waals surface area contributed by atoms with Gasteiger partial charge in [-0.15, -0.1) is 6.42 Å². The Morgan fingerprint density at radius 3 is 2.86 bits per heavy atom. The molecule has 138 valence electrons. The number of ether oxygens (including phenoxy) is 1. The highest BCUT2D eigenvalue weighted by Crippen LogP contribution is 2.32. The molecule has 3 aromatic rings. The van der Waals surface area contributed by atoms with E-state index in [1.807, 2.05) is 25.1 Å². The average molecular weight is 371 g/mol. The summed E-state index contributed by atoms with van der Waals surface area (Å²) in [5.41, 5.74) is 3.82. The van der Waals surface area contributed by atoms with Gasteiger partial charge in [0.05, 0.1) is 30.1 Å². The second-order valence-corrected chi connectivity index (χ2v) is 6.51. The Hall–Kier alpha value is -3.84. The van der Waals surface area contributed by atoms with E-state index in [0.717, 1.165) is 22.3 Å². The van der Waals surface area contributed by atoms with Crippen molar-refractivity contribution < 1.29 is 9.53 Å². The average Bonchev–Trinajstić information content (AvgIpc) is 3.10. The van der Waals surface area contributed by atoms with Crippen LogP contribution in [0.3, 0.4) is 0 Å². The Kier molecular flexibility index (Phi) is 4.42. The lowest BCUT2D eigenvalue weighted by molar-refractivity contribution is -0.129. The van der Waals surface area contributed by atoms with Gasteiger partial charge in [-0.05, 0) is 25.0 Å². The molecule has 4 heterocycles. The van der Waals surface area contributed by atoms with Crippen LogP contribution in [-0.4, -0.2) is 45.1 Å². The zero-order chi connectivity index (χ0) is 19.7. The fourth-order valence-corrected chi connectivity index (χ4v) is 3.37. The molecule has 0 atom stereocenters. The minimum atomic E-state index is -0.284.